The molecule has 1 saturated carbocycles. The lowest BCUT2D eigenvalue weighted by atomic mass is 9.92. The summed E-state index contributed by atoms with van der Waals surface area (Å²) in [6.07, 6.45) is 9.06. The minimum absolute atomic E-state index is 0.226. The van der Waals surface area contributed by atoms with E-state index in [4.69, 9.17) is 0 Å². The molecule has 1 aromatic rings. The number of rotatable bonds is 14. The molecule has 0 aromatic heterocycles. The number of carbonyl (C=O) groups is 1. The molecule has 3 N–H and O–H groups in total. The first-order valence-electron chi connectivity index (χ1n) is 11.3. The number of hydrogen-bond acceptors (Lipinski definition) is 4. The largest absolute Gasteiger partial charge is 0.481 e. The average molecular weight is 423 g/mol. The van der Waals surface area contributed by atoms with Crippen molar-refractivity contribution in [1.82, 2.24) is 0 Å². The van der Waals surface area contributed by atoms with E-state index in [2.05, 4.69) is 6.92 Å². The molecule has 0 bridgehead atoms. The highest BCUT2D eigenvalue weighted by molar-refractivity contribution is 7.99. The summed E-state index contributed by atoms with van der Waals surface area (Å²) in [6, 6.07) is 9.48. The summed E-state index contributed by atoms with van der Waals surface area (Å²) in [5, 5.41) is 30.4. The van der Waals surface area contributed by atoms with Crippen LogP contribution in [0, 0.1) is 5.92 Å². The normalized spacial score (nSPS) is 23.8. The van der Waals surface area contributed by atoms with Crippen molar-refractivity contribution in [1.29, 1.82) is 0 Å². The molecule has 0 aliphatic heterocycles. The zero-order valence-electron chi connectivity index (χ0n) is 17.7. The van der Waals surface area contributed by atoms with Crippen molar-refractivity contribution >= 4 is 17.7 Å². The number of carboxylic acid groups (broad SMARTS) is 1. The number of hydrogen-bond donors (Lipinski definition) is 3. The molecule has 1 aromatic carbocycles. The summed E-state index contributed by atoms with van der Waals surface area (Å²) in [5.74, 6) is -0.102. The number of aliphatic hydroxyl groups excluding tert-OH is 2. The van der Waals surface area contributed by atoms with Crippen LogP contribution in [0.3, 0.4) is 0 Å². The van der Waals surface area contributed by atoms with E-state index >= 15 is 0 Å². The second-order valence-corrected chi connectivity index (χ2v) is 9.69. The van der Waals surface area contributed by atoms with E-state index < -0.39 is 11.9 Å². The molecule has 5 atom stereocenters. The van der Waals surface area contributed by atoms with Crippen molar-refractivity contribution in [3.63, 3.8) is 0 Å². The van der Waals surface area contributed by atoms with Gasteiger partial charge in [-0.3, -0.25) is 4.79 Å². The van der Waals surface area contributed by atoms with Crippen LogP contribution in [0.25, 0.3) is 0 Å². The van der Waals surface area contributed by atoms with Crippen molar-refractivity contribution in [2.24, 2.45) is 5.92 Å². The Morgan fingerprint density at radius 1 is 1.10 bits per heavy atom. The number of aliphatic carboxylic acids is 1. The number of thioether (sulfide) groups is 1. The van der Waals surface area contributed by atoms with Gasteiger partial charge in [-0.1, -0.05) is 69.4 Å². The smallest absolute Gasteiger partial charge is 0.310 e. The Hall–Kier alpha value is -1.04. The van der Waals surface area contributed by atoms with Gasteiger partial charge in [0.25, 0.3) is 0 Å². The van der Waals surface area contributed by atoms with Gasteiger partial charge in [0.05, 0.1) is 18.1 Å². The highest BCUT2D eigenvalue weighted by atomic mass is 32.2. The van der Waals surface area contributed by atoms with Gasteiger partial charge >= 0.3 is 5.97 Å². The Kier molecular flexibility index (Phi) is 11.1. The third-order valence-corrected chi connectivity index (χ3v) is 7.73. The standard InChI is InChI=1S/C24H38O4S/c1-2-3-12-19(25)17-29-23-16-15-22(26)21(23)14-9-5-8-13-20(24(27)28)18-10-6-4-7-11-18/h4,6-7,10-11,19-23,25-26H,2-3,5,8-9,12-17H2,1H3,(H,27,28). The van der Waals surface area contributed by atoms with Crippen LogP contribution in [0.2, 0.25) is 0 Å². The average Bonchev–Trinajstić information content (AvgIpc) is 3.07. The summed E-state index contributed by atoms with van der Waals surface area (Å²) in [7, 11) is 0. The zero-order chi connectivity index (χ0) is 21.1. The van der Waals surface area contributed by atoms with Crippen molar-refractivity contribution in [2.75, 3.05) is 5.75 Å². The highest BCUT2D eigenvalue weighted by Crippen LogP contribution is 2.39. The zero-order valence-corrected chi connectivity index (χ0v) is 18.5. The molecular weight excluding hydrogens is 384 g/mol. The summed E-state index contributed by atoms with van der Waals surface area (Å²) in [5.41, 5.74) is 0.879. The monoisotopic (exact) mass is 422 g/mol. The van der Waals surface area contributed by atoms with Crippen LogP contribution in [-0.2, 0) is 4.79 Å². The molecule has 1 aliphatic carbocycles. The molecule has 1 fully saturated rings. The third kappa shape index (κ3) is 8.31. The first-order valence-corrected chi connectivity index (χ1v) is 12.3. The van der Waals surface area contributed by atoms with E-state index in [0.29, 0.717) is 17.6 Å². The molecule has 164 valence electrons. The lowest BCUT2D eigenvalue weighted by Gasteiger charge is -2.23. The van der Waals surface area contributed by atoms with Gasteiger partial charge in [-0.05, 0) is 43.6 Å². The number of unbranched alkanes of at least 4 members (excludes halogenated alkanes) is 3. The fourth-order valence-corrected chi connectivity index (χ4v) is 5.88. The van der Waals surface area contributed by atoms with Gasteiger partial charge in [-0.2, -0.15) is 11.8 Å². The Bertz CT molecular complexity index is 580. The number of benzene rings is 1. The minimum Gasteiger partial charge on any atom is -0.481 e. The maximum Gasteiger partial charge on any atom is 0.310 e. The fraction of sp³-hybridized carbons (Fsp3) is 0.708. The Morgan fingerprint density at radius 3 is 2.55 bits per heavy atom. The van der Waals surface area contributed by atoms with Crippen LogP contribution in [0.15, 0.2) is 30.3 Å². The van der Waals surface area contributed by atoms with E-state index in [-0.39, 0.29) is 12.2 Å². The molecule has 0 amide bonds. The molecule has 2 rings (SSSR count). The van der Waals surface area contributed by atoms with E-state index in [9.17, 15) is 20.1 Å². The lowest BCUT2D eigenvalue weighted by Crippen LogP contribution is -2.22. The van der Waals surface area contributed by atoms with Crippen LogP contribution >= 0.6 is 11.8 Å². The molecule has 4 nitrogen and oxygen atoms in total. The molecule has 5 heteroatoms. The van der Waals surface area contributed by atoms with Crippen molar-refractivity contribution in [3.8, 4) is 0 Å². The second kappa shape index (κ2) is 13.3. The predicted molar refractivity (Wildman–Crippen MR) is 120 cm³/mol. The van der Waals surface area contributed by atoms with E-state index in [1.54, 1.807) is 0 Å². The van der Waals surface area contributed by atoms with E-state index in [1.165, 1.54) is 0 Å². The maximum absolute atomic E-state index is 11.6. The van der Waals surface area contributed by atoms with Crippen LogP contribution in [0.1, 0.15) is 82.6 Å². The number of carboxylic acids is 1. The minimum atomic E-state index is -0.750. The second-order valence-electron chi connectivity index (χ2n) is 8.42. The van der Waals surface area contributed by atoms with Crippen LogP contribution in [0.4, 0.5) is 0 Å². The van der Waals surface area contributed by atoms with Crippen LogP contribution in [0.5, 0.6) is 0 Å². The highest BCUT2D eigenvalue weighted by Gasteiger charge is 2.34. The van der Waals surface area contributed by atoms with E-state index in [0.717, 1.165) is 69.1 Å². The molecular formula is C24H38O4S. The van der Waals surface area contributed by atoms with Crippen molar-refractivity contribution < 1.29 is 20.1 Å². The first kappa shape index (κ1) is 24.2. The summed E-state index contributed by atoms with van der Waals surface area (Å²) in [4.78, 5) is 11.6. The summed E-state index contributed by atoms with van der Waals surface area (Å²) in [6.45, 7) is 2.14. The van der Waals surface area contributed by atoms with Gasteiger partial charge in [-0.15, -0.1) is 0 Å². The fourth-order valence-electron chi connectivity index (χ4n) is 4.38. The van der Waals surface area contributed by atoms with Crippen molar-refractivity contribution in [2.45, 2.75) is 94.5 Å². The van der Waals surface area contributed by atoms with Gasteiger partial charge in [-0.25, -0.2) is 0 Å². The molecule has 5 unspecified atom stereocenters. The summed E-state index contributed by atoms with van der Waals surface area (Å²) >= 11 is 1.84. The summed E-state index contributed by atoms with van der Waals surface area (Å²) < 4.78 is 0. The van der Waals surface area contributed by atoms with Crippen LogP contribution < -0.4 is 0 Å². The Balaban J connectivity index is 1.70. The first-order chi connectivity index (χ1) is 14.0. The van der Waals surface area contributed by atoms with Crippen molar-refractivity contribution in [3.05, 3.63) is 35.9 Å². The quantitative estimate of drug-likeness (QED) is 0.358. The third-order valence-electron chi connectivity index (χ3n) is 6.14. The molecule has 29 heavy (non-hydrogen) atoms. The molecule has 1 aliphatic rings. The van der Waals surface area contributed by atoms with Gasteiger partial charge in [0, 0.05) is 11.0 Å². The molecule has 0 heterocycles. The molecule has 0 radical (unpaired) electrons. The van der Waals surface area contributed by atoms with Crippen LogP contribution in [-0.4, -0.2) is 44.5 Å². The predicted octanol–water partition coefficient (Wildman–Crippen LogP) is 5.23. The lowest BCUT2D eigenvalue weighted by molar-refractivity contribution is -0.139. The maximum atomic E-state index is 11.6. The molecule has 0 spiro atoms. The SMILES string of the molecule is CCCCC(O)CSC1CCC(O)C1CCCCCC(C(=O)O)c1ccccc1. The topological polar surface area (TPSA) is 77.8 Å². The number of aliphatic hydroxyl groups is 2. The Labute approximate surface area is 180 Å². The van der Waals surface area contributed by atoms with E-state index in [1.807, 2.05) is 42.1 Å². The van der Waals surface area contributed by atoms with Gasteiger partial charge in [0.15, 0.2) is 0 Å². The van der Waals surface area contributed by atoms with Gasteiger partial charge in [0.1, 0.15) is 0 Å². The van der Waals surface area contributed by atoms with Gasteiger partial charge < -0.3 is 15.3 Å². The Morgan fingerprint density at radius 2 is 1.86 bits per heavy atom. The van der Waals surface area contributed by atoms with Gasteiger partial charge in [0.2, 0.25) is 0 Å². The molecule has 0 saturated heterocycles.